The minimum absolute atomic E-state index is 0.152. The number of hydrogen-bond acceptors (Lipinski definition) is 2. The predicted octanol–water partition coefficient (Wildman–Crippen LogP) is 2.09. The second-order valence-corrected chi connectivity index (χ2v) is 4.53. The minimum Gasteiger partial charge on any atom is -0.380 e. The molecule has 0 aliphatic heterocycles. The molecule has 0 aromatic rings. The first-order valence-corrected chi connectivity index (χ1v) is 5.83. The summed E-state index contributed by atoms with van der Waals surface area (Å²) < 4.78 is 37.3. The number of hydrogen-bond donors (Lipinski definition) is 1. The Bertz CT molecular complexity index is 285. The van der Waals surface area contributed by atoms with Crippen molar-refractivity contribution in [3.05, 3.63) is 0 Å². The molecule has 0 radical (unpaired) electrons. The molecule has 0 aromatic carbocycles. The Kier molecular flexibility index (Phi) is 4.06. The maximum Gasteiger partial charge on any atom is 0.417 e. The Labute approximate surface area is 98.6 Å². The number of aliphatic hydroxyl groups is 1. The Morgan fingerprint density at radius 2 is 1.94 bits per heavy atom. The lowest BCUT2D eigenvalue weighted by atomic mass is 9.74. The normalized spacial score (nSPS) is 28.7. The van der Waals surface area contributed by atoms with Crippen LogP contribution in [0.3, 0.4) is 0 Å². The molecule has 1 N–H and O–H groups in total. The van der Waals surface area contributed by atoms with Gasteiger partial charge in [-0.1, -0.05) is 13.8 Å². The molecule has 0 bridgehead atoms. The van der Waals surface area contributed by atoms with Crippen molar-refractivity contribution in [1.82, 2.24) is 4.90 Å². The number of carbonyl (C=O) groups excluding carboxylic acids is 1. The lowest BCUT2D eigenvalue weighted by molar-refractivity contribution is -0.298. The quantitative estimate of drug-likeness (QED) is 0.833. The van der Waals surface area contributed by atoms with E-state index < -0.39 is 30.7 Å². The van der Waals surface area contributed by atoms with E-state index in [0.717, 1.165) is 0 Å². The van der Waals surface area contributed by atoms with Gasteiger partial charge in [0.15, 0.2) is 5.60 Å². The van der Waals surface area contributed by atoms with Gasteiger partial charge in [0, 0.05) is 31.8 Å². The standard InChI is InChI=1S/C11H18F3NO2/c1-3-5-15(9(16)4-2)8-6-10(17,7-8)11(12,13)14/h8,17H,3-7H2,1-2H3. The van der Waals surface area contributed by atoms with E-state index in [0.29, 0.717) is 13.0 Å². The first-order chi connectivity index (χ1) is 7.75. The summed E-state index contributed by atoms with van der Waals surface area (Å²) in [6, 6.07) is -0.478. The highest BCUT2D eigenvalue weighted by Gasteiger charge is 2.62. The van der Waals surface area contributed by atoms with Crippen molar-refractivity contribution < 1.29 is 23.1 Å². The fraction of sp³-hybridized carbons (Fsp3) is 0.909. The molecule has 0 heterocycles. The summed E-state index contributed by atoms with van der Waals surface area (Å²) in [6.07, 6.45) is -4.42. The molecule has 1 rings (SSSR count). The second kappa shape index (κ2) is 4.84. The average molecular weight is 253 g/mol. The van der Waals surface area contributed by atoms with Gasteiger partial charge in [0.1, 0.15) is 0 Å². The lowest BCUT2D eigenvalue weighted by Gasteiger charge is -2.49. The number of nitrogens with zero attached hydrogens (tertiary/aromatic N) is 1. The van der Waals surface area contributed by atoms with Crippen molar-refractivity contribution in [1.29, 1.82) is 0 Å². The third kappa shape index (κ3) is 2.73. The molecule has 1 fully saturated rings. The predicted molar refractivity (Wildman–Crippen MR) is 56.3 cm³/mol. The molecule has 0 saturated heterocycles. The van der Waals surface area contributed by atoms with Gasteiger partial charge in [0.25, 0.3) is 0 Å². The zero-order chi connectivity index (χ0) is 13.3. The summed E-state index contributed by atoms with van der Waals surface area (Å²) in [5.41, 5.74) is -2.60. The Morgan fingerprint density at radius 1 is 1.41 bits per heavy atom. The van der Waals surface area contributed by atoms with Crippen molar-refractivity contribution in [3.63, 3.8) is 0 Å². The van der Waals surface area contributed by atoms with E-state index in [1.807, 2.05) is 6.92 Å². The topological polar surface area (TPSA) is 40.5 Å². The number of amides is 1. The van der Waals surface area contributed by atoms with E-state index in [1.54, 1.807) is 6.92 Å². The molecule has 100 valence electrons. The van der Waals surface area contributed by atoms with E-state index in [2.05, 4.69) is 0 Å². The SMILES string of the molecule is CCCN(C(=O)CC)C1CC(O)(C(F)(F)F)C1. The Hall–Kier alpha value is -0.780. The van der Waals surface area contributed by atoms with Crippen LogP contribution in [0.4, 0.5) is 13.2 Å². The van der Waals surface area contributed by atoms with E-state index >= 15 is 0 Å². The maximum absolute atomic E-state index is 12.4. The molecule has 17 heavy (non-hydrogen) atoms. The summed E-state index contributed by atoms with van der Waals surface area (Å²) in [5.74, 6) is -0.152. The molecule has 3 nitrogen and oxygen atoms in total. The molecule has 0 unspecified atom stereocenters. The zero-order valence-corrected chi connectivity index (χ0v) is 10.0. The van der Waals surface area contributed by atoms with Gasteiger partial charge in [0.2, 0.25) is 5.91 Å². The zero-order valence-electron chi connectivity index (χ0n) is 10.0. The van der Waals surface area contributed by atoms with Crippen LogP contribution in [0.2, 0.25) is 0 Å². The molecule has 0 atom stereocenters. The van der Waals surface area contributed by atoms with Gasteiger partial charge in [0.05, 0.1) is 0 Å². The van der Waals surface area contributed by atoms with Gasteiger partial charge in [-0.25, -0.2) is 0 Å². The first-order valence-electron chi connectivity index (χ1n) is 5.83. The first kappa shape index (κ1) is 14.3. The number of alkyl halides is 3. The number of halogens is 3. The number of rotatable bonds is 4. The largest absolute Gasteiger partial charge is 0.417 e. The van der Waals surface area contributed by atoms with Crippen molar-refractivity contribution in [2.24, 2.45) is 0 Å². The summed E-state index contributed by atoms with van der Waals surface area (Å²) in [6.45, 7) is 4.00. The van der Waals surface area contributed by atoms with Gasteiger partial charge in [-0.05, 0) is 6.42 Å². The van der Waals surface area contributed by atoms with Crippen LogP contribution in [-0.4, -0.2) is 40.3 Å². The van der Waals surface area contributed by atoms with Gasteiger partial charge in [-0.2, -0.15) is 13.2 Å². The molecule has 1 saturated carbocycles. The highest BCUT2D eigenvalue weighted by Crippen LogP contribution is 2.47. The van der Waals surface area contributed by atoms with Gasteiger partial charge in [-0.15, -0.1) is 0 Å². The van der Waals surface area contributed by atoms with Crippen molar-refractivity contribution in [3.8, 4) is 0 Å². The highest BCUT2D eigenvalue weighted by molar-refractivity contribution is 5.76. The van der Waals surface area contributed by atoms with E-state index in [1.165, 1.54) is 4.90 Å². The highest BCUT2D eigenvalue weighted by atomic mass is 19.4. The smallest absolute Gasteiger partial charge is 0.380 e. The maximum atomic E-state index is 12.4. The van der Waals surface area contributed by atoms with E-state index in [-0.39, 0.29) is 12.3 Å². The Balaban J connectivity index is 2.63. The summed E-state index contributed by atoms with van der Waals surface area (Å²) in [5, 5.41) is 9.33. The fourth-order valence-electron chi connectivity index (χ4n) is 2.13. The molecule has 6 heteroatoms. The number of carbonyl (C=O) groups is 1. The lowest BCUT2D eigenvalue weighted by Crippen LogP contribution is -2.63. The van der Waals surface area contributed by atoms with Crippen molar-refractivity contribution in [2.75, 3.05) is 6.54 Å². The average Bonchev–Trinajstić information content (AvgIpc) is 2.19. The van der Waals surface area contributed by atoms with Crippen LogP contribution in [-0.2, 0) is 4.79 Å². The third-order valence-corrected chi connectivity index (χ3v) is 3.20. The molecule has 1 aliphatic carbocycles. The van der Waals surface area contributed by atoms with Crippen LogP contribution in [0.5, 0.6) is 0 Å². The van der Waals surface area contributed by atoms with E-state index in [4.69, 9.17) is 0 Å². The van der Waals surface area contributed by atoms with Gasteiger partial charge >= 0.3 is 6.18 Å². The van der Waals surface area contributed by atoms with Gasteiger partial charge in [-0.3, -0.25) is 4.79 Å². The van der Waals surface area contributed by atoms with Crippen LogP contribution >= 0.6 is 0 Å². The summed E-state index contributed by atoms with van der Waals surface area (Å²) in [7, 11) is 0. The van der Waals surface area contributed by atoms with Crippen molar-refractivity contribution in [2.45, 2.75) is 57.3 Å². The monoisotopic (exact) mass is 253 g/mol. The fourth-order valence-corrected chi connectivity index (χ4v) is 2.13. The molecule has 0 spiro atoms. The van der Waals surface area contributed by atoms with Crippen LogP contribution in [0.15, 0.2) is 0 Å². The summed E-state index contributed by atoms with van der Waals surface area (Å²) >= 11 is 0. The second-order valence-electron chi connectivity index (χ2n) is 4.53. The molecule has 1 aliphatic rings. The molecule has 1 amide bonds. The van der Waals surface area contributed by atoms with Crippen LogP contribution < -0.4 is 0 Å². The molecular formula is C11H18F3NO2. The van der Waals surface area contributed by atoms with Crippen LogP contribution in [0, 0.1) is 0 Å². The van der Waals surface area contributed by atoms with Crippen LogP contribution in [0.1, 0.15) is 39.5 Å². The van der Waals surface area contributed by atoms with Gasteiger partial charge < -0.3 is 10.0 Å². The molecule has 0 aromatic heterocycles. The van der Waals surface area contributed by atoms with E-state index in [9.17, 15) is 23.1 Å². The van der Waals surface area contributed by atoms with Crippen molar-refractivity contribution >= 4 is 5.91 Å². The Morgan fingerprint density at radius 3 is 2.29 bits per heavy atom. The minimum atomic E-state index is -4.60. The van der Waals surface area contributed by atoms with Crippen LogP contribution in [0.25, 0.3) is 0 Å². The summed E-state index contributed by atoms with van der Waals surface area (Å²) in [4.78, 5) is 13.0. The third-order valence-electron chi connectivity index (χ3n) is 3.20. The molecular weight excluding hydrogens is 235 g/mol.